The molecule has 0 aromatic carbocycles. The molecule has 2 N–H and O–H groups in total. The van der Waals surface area contributed by atoms with Gasteiger partial charge in [0.15, 0.2) is 5.11 Å². The van der Waals surface area contributed by atoms with E-state index in [1.165, 1.54) is 12.0 Å². The average Bonchev–Trinajstić information content (AvgIpc) is 2.96. The third-order valence-corrected chi connectivity index (χ3v) is 6.16. The SMILES string of the molecule is CCOC(=O)c1c(NC(=S)NCCCC(=O)OC)sc2c1CCSC2. The van der Waals surface area contributed by atoms with Crippen molar-refractivity contribution < 1.29 is 19.1 Å². The number of thiocarbonyl (C=S) groups is 1. The lowest BCUT2D eigenvalue weighted by molar-refractivity contribution is -0.140. The molecule has 2 heterocycles. The molecule has 9 heteroatoms. The maximum absolute atomic E-state index is 12.4. The van der Waals surface area contributed by atoms with E-state index in [1.807, 2.05) is 11.8 Å². The maximum Gasteiger partial charge on any atom is 0.341 e. The number of thioether (sulfide) groups is 1. The molecule has 0 aliphatic carbocycles. The standard InChI is InChI=1S/C16H22N2O4S3/c1-3-22-15(20)13-10-6-8-24-9-11(10)25-14(13)18-16(23)17-7-4-5-12(19)21-2/h3-9H2,1-2H3,(H2,17,18,23). The van der Waals surface area contributed by atoms with Crippen molar-refractivity contribution >= 4 is 57.4 Å². The molecule has 2 rings (SSSR count). The van der Waals surface area contributed by atoms with Crippen LogP contribution in [0.25, 0.3) is 0 Å². The van der Waals surface area contributed by atoms with Gasteiger partial charge in [-0.15, -0.1) is 11.3 Å². The second-order valence-electron chi connectivity index (χ2n) is 5.29. The van der Waals surface area contributed by atoms with Crippen molar-refractivity contribution in [1.29, 1.82) is 0 Å². The molecule has 1 aromatic rings. The van der Waals surface area contributed by atoms with Gasteiger partial charge in [0, 0.05) is 23.6 Å². The van der Waals surface area contributed by atoms with Crippen LogP contribution >= 0.6 is 35.3 Å². The van der Waals surface area contributed by atoms with Crippen LogP contribution in [0.15, 0.2) is 0 Å². The number of rotatable bonds is 7. The van der Waals surface area contributed by atoms with Gasteiger partial charge >= 0.3 is 11.9 Å². The molecule has 0 bridgehead atoms. The Bertz CT molecular complexity index is 646. The topological polar surface area (TPSA) is 76.7 Å². The molecule has 25 heavy (non-hydrogen) atoms. The van der Waals surface area contributed by atoms with Crippen molar-refractivity contribution in [3.63, 3.8) is 0 Å². The summed E-state index contributed by atoms with van der Waals surface area (Å²) < 4.78 is 9.82. The molecule has 1 aromatic heterocycles. The van der Waals surface area contributed by atoms with Crippen LogP contribution in [0.4, 0.5) is 5.00 Å². The largest absolute Gasteiger partial charge is 0.469 e. The maximum atomic E-state index is 12.4. The molecule has 0 unspecified atom stereocenters. The van der Waals surface area contributed by atoms with Crippen molar-refractivity contribution in [1.82, 2.24) is 5.32 Å². The zero-order chi connectivity index (χ0) is 18.2. The fourth-order valence-corrected chi connectivity index (χ4v) is 5.07. The molecule has 138 valence electrons. The Morgan fingerprint density at radius 2 is 2.16 bits per heavy atom. The molecule has 1 aliphatic rings. The molecular weight excluding hydrogens is 380 g/mol. The number of hydrogen-bond acceptors (Lipinski definition) is 7. The van der Waals surface area contributed by atoms with Gasteiger partial charge < -0.3 is 20.1 Å². The van der Waals surface area contributed by atoms with Gasteiger partial charge in [-0.25, -0.2) is 4.79 Å². The summed E-state index contributed by atoms with van der Waals surface area (Å²) in [5, 5.41) is 7.34. The highest BCUT2D eigenvalue weighted by molar-refractivity contribution is 7.98. The molecule has 0 saturated carbocycles. The number of esters is 2. The number of carbonyl (C=O) groups is 2. The summed E-state index contributed by atoms with van der Waals surface area (Å²) >= 11 is 8.73. The number of hydrogen-bond donors (Lipinski definition) is 2. The van der Waals surface area contributed by atoms with Crippen molar-refractivity contribution in [2.24, 2.45) is 0 Å². The lowest BCUT2D eigenvalue weighted by atomic mass is 10.1. The molecule has 0 atom stereocenters. The first-order chi connectivity index (χ1) is 12.1. The predicted octanol–water partition coefficient (Wildman–Crippen LogP) is 2.95. The fourth-order valence-electron chi connectivity index (χ4n) is 2.42. The first kappa shape index (κ1) is 20.0. The highest BCUT2D eigenvalue weighted by Gasteiger charge is 2.26. The highest BCUT2D eigenvalue weighted by Crippen LogP contribution is 2.39. The van der Waals surface area contributed by atoms with E-state index < -0.39 is 0 Å². The molecule has 1 aliphatic heterocycles. The van der Waals surface area contributed by atoms with Crippen LogP contribution in [0.5, 0.6) is 0 Å². The van der Waals surface area contributed by atoms with E-state index in [0.29, 0.717) is 36.7 Å². The van der Waals surface area contributed by atoms with E-state index in [1.54, 1.807) is 18.3 Å². The van der Waals surface area contributed by atoms with Crippen molar-refractivity contribution in [3.8, 4) is 0 Å². The number of carbonyl (C=O) groups excluding carboxylic acids is 2. The molecule has 0 amide bonds. The number of anilines is 1. The molecule has 0 spiro atoms. The summed E-state index contributed by atoms with van der Waals surface area (Å²) in [6, 6.07) is 0. The zero-order valence-electron chi connectivity index (χ0n) is 14.3. The monoisotopic (exact) mass is 402 g/mol. The smallest absolute Gasteiger partial charge is 0.341 e. The van der Waals surface area contributed by atoms with Crippen LogP contribution < -0.4 is 10.6 Å². The summed E-state index contributed by atoms with van der Waals surface area (Å²) in [4.78, 5) is 24.7. The Kier molecular flexibility index (Phi) is 7.98. The number of nitrogens with one attached hydrogen (secondary N) is 2. The van der Waals surface area contributed by atoms with Gasteiger partial charge in [0.25, 0.3) is 0 Å². The lowest BCUT2D eigenvalue weighted by Crippen LogP contribution is -2.30. The van der Waals surface area contributed by atoms with Crippen molar-refractivity contribution in [3.05, 3.63) is 16.0 Å². The minimum absolute atomic E-state index is 0.242. The second kappa shape index (κ2) is 9.98. The molecule has 0 fully saturated rings. The Morgan fingerprint density at radius 3 is 2.88 bits per heavy atom. The van der Waals surface area contributed by atoms with Crippen LogP contribution in [0, 0.1) is 0 Å². The first-order valence-corrected chi connectivity index (χ1v) is 10.5. The summed E-state index contributed by atoms with van der Waals surface area (Å²) in [6.07, 6.45) is 1.83. The van der Waals surface area contributed by atoms with Crippen LogP contribution in [-0.4, -0.2) is 43.1 Å². The summed E-state index contributed by atoms with van der Waals surface area (Å²) in [5.41, 5.74) is 1.69. The van der Waals surface area contributed by atoms with Gasteiger partial charge in [0.2, 0.25) is 0 Å². The Hall–Kier alpha value is -1.32. The van der Waals surface area contributed by atoms with Gasteiger partial charge in [0.1, 0.15) is 5.00 Å². The third-order valence-electron chi connectivity index (χ3n) is 3.60. The first-order valence-electron chi connectivity index (χ1n) is 8.07. The van der Waals surface area contributed by atoms with Crippen molar-refractivity contribution in [2.75, 3.05) is 31.3 Å². The second-order valence-corrected chi connectivity index (χ2v) is 7.91. The average molecular weight is 403 g/mol. The number of thiophene rings is 1. The highest BCUT2D eigenvalue weighted by atomic mass is 32.2. The number of fused-ring (bicyclic) bond motifs is 1. The van der Waals surface area contributed by atoms with Gasteiger partial charge in [-0.05, 0) is 43.3 Å². The van der Waals surface area contributed by atoms with Gasteiger partial charge in [-0.3, -0.25) is 4.79 Å². The van der Waals surface area contributed by atoms with Crippen LogP contribution in [0.1, 0.15) is 40.6 Å². The van der Waals surface area contributed by atoms with E-state index in [0.717, 1.165) is 28.5 Å². The molecular formula is C16H22N2O4S3. The quantitative estimate of drug-likeness (QED) is 0.410. The van der Waals surface area contributed by atoms with Crippen LogP contribution in [0.2, 0.25) is 0 Å². The number of methoxy groups -OCH3 is 1. The van der Waals surface area contributed by atoms with Gasteiger partial charge in [-0.2, -0.15) is 11.8 Å². The van der Waals surface area contributed by atoms with E-state index in [2.05, 4.69) is 15.4 Å². The van der Waals surface area contributed by atoms with E-state index in [4.69, 9.17) is 17.0 Å². The third kappa shape index (κ3) is 5.58. The zero-order valence-corrected chi connectivity index (χ0v) is 16.8. The van der Waals surface area contributed by atoms with Crippen LogP contribution in [0.3, 0.4) is 0 Å². The van der Waals surface area contributed by atoms with E-state index >= 15 is 0 Å². The van der Waals surface area contributed by atoms with E-state index in [9.17, 15) is 9.59 Å². The lowest BCUT2D eigenvalue weighted by Gasteiger charge is -2.13. The van der Waals surface area contributed by atoms with Crippen LogP contribution in [-0.2, 0) is 26.4 Å². The van der Waals surface area contributed by atoms with Gasteiger partial charge in [-0.1, -0.05) is 0 Å². The van der Waals surface area contributed by atoms with E-state index in [-0.39, 0.29) is 11.9 Å². The molecule has 6 nitrogen and oxygen atoms in total. The summed E-state index contributed by atoms with van der Waals surface area (Å²) in [5.74, 6) is 1.37. The predicted molar refractivity (Wildman–Crippen MR) is 106 cm³/mol. The Balaban J connectivity index is 2.00. The van der Waals surface area contributed by atoms with Crippen molar-refractivity contribution in [2.45, 2.75) is 31.9 Å². The minimum Gasteiger partial charge on any atom is -0.469 e. The fraction of sp³-hybridized carbons (Fsp3) is 0.562. The molecule has 0 radical (unpaired) electrons. The number of ether oxygens (including phenoxy) is 2. The normalized spacial score (nSPS) is 12.9. The summed E-state index contributed by atoms with van der Waals surface area (Å²) in [6.45, 7) is 2.69. The minimum atomic E-state index is -0.303. The summed E-state index contributed by atoms with van der Waals surface area (Å²) in [7, 11) is 1.37. The molecule has 0 saturated heterocycles. The Labute approximate surface area is 161 Å². The Morgan fingerprint density at radius 1 is 1.36 bits per heavy atom. The van der Waals surface area contributed by atoms with Gasteiger partial charge in [0.05, 0.1) is 19.3 Å².